The van der Waals surface area contributed by atoms with E-state index in [1.54, 1.807) is 47.5 Å². The number of benzene rings is 2. The lowest BCUT2D eigenvalue weighted by Gasteiger charge is -2.26. The number of anilines is 1. The maximum atomic E-state index is 14.1. The number of carbonyl (C=O) groups is 1. The Morgan fingerprint density at radius 1 is 1.06 bits per heavy atom. The van der Waals surface area contributed by atoms with Gasteiger partial charge in [-0.2, -0.15) is 0 Å². The number of aromatic nitrogens is 3. The van der Waals surface area contributed by atoms with Gasteiger partial charge in [0, 0.05) is 13.1 Å². The quantitative estimate of drug-likeness (QED) is 0.524. The van der Waals surface area contributed by atoms with Crippen LogP contribution in [0.5, 0.6) is 5.75 Å². The maximum absolute atomic E-state index is 14.1. The number of aromatic amines is 1. The fourth-order valence-electron chi connectivity index (χ4n) is 3.35. The number of amides is 1. The van der Waals surface area contributed by atoms with Gasteiger partial charge >= 0.3 is 6.09 Å². The molecule has 10 heteroatoms. The van der Waals surface area contributed by atoms with Crippen LogP contribution < -0.4 is 15.3 Å². The van der Waals surface area contributed by atoms with Gasteiger partial charge in [0.2, 0.25) is 5.13 Å². The van der Waals surface area contributed by atoms with Gasteiger partial charge in [0.05, 0.1) is 5.56 Å². The van der Waals surface area contributed by atoms with Crippen molar-refractivity contribution in [2.45, 2.75) is 6.42 Å². The molecular weight excluding hydrogens is 421 g/mol. The predicted molar refractivity (Wildman–Crippen MR) is 115 cm³/mol. The van der Waals surface area contributed by atoms with E-state index in [4.69, 9.17) is 4.74 Å². The van der Waals surface area contributed by atoms with Crippen molar-refractivity contribution in [3.05, 3.63) is 70.8 Å². The number of carbonyl (C=O) groups excluding carboxylic acids is 1. The molecule has 1 saturated heterocycles. The average Bonchev–Trinajstić information content (AvgIpc) is 3.42. The number of fused-ring (bicyclic) bond motifs is 1. The fourth-order valence-corrected chi connectivity index (χ4v) is 4.33. The van der Waals surface area contributed by atoms with Gasteiger partial charge in [-0.3, -0.25) is 9.80 Å². The topological polar surface area (TPSA) is 91.4 Å². The smallest absolute Gasteiger partial charge is 0.409 e. The summed E-state index contributed by atoms with van der Waals surface area (Å²) >= 11 is 1.16. The largest absolute Gasteiger partial charge is 0.434 e. The molecule has 8 nitrogen and oxygen atoms in total. The summed E-state index contributed by atoms with van der Waals surface area (Å²) in [5.41, 5.74) is -0.127. The monoisotopic (exact) mass is 437 g/mol. The number of para-hydroxylation sites is 1. The molecule has 4 aromatic rings. The molecule has 0 spiro atoms. The molecule has 1 N–H and O–H groups in total. The summed E-state index contributed by atoms with van der Waals surface area (Å²) in [4.78, 5) is 37.0. The molecule has 1 aliphatic rings. The number of halogens is 1. The Morgan fingerprint density at radius 2 is 1.84 bits per heavy atom. The highest BCUT2D eigenvalue weighted by atomic mass is 32.1. The molecule has 0 saturated carbocycles. The second-order valence-electron chi connectivity index (χ2n) is 6.83. The van der Waals surface area contributed by atoms with Gasteiger partial charge in [-0.1, -0.05) is 41.7 Å². The van der Waals surface area contributed by atoms with Crippen molar-refractivity contribution in [2.75, 3.05) is 18.1 Å². The highest BCUT2D eigenvalue weighted by Crippen LogP contribution is 2.31. The lowest BCUT2D eigenvalue weighted by molar-refractivity contribution is 0.158. The van der Waals surface area contributed by atoms with E-state index in [0.717, 1.165) is 17.8 Å². The molecule has 0 aliphatic carbocycles. The van der Waals surface area contributed by atoms with Crippen LogP contribution in [0.1, 0.15) is 6.42 Å². The van der Waals surface area contributed by atoms with Crippen molar-refractivity contribution in [2.24, 2.45) is 0 Å². The summed E-state index contributed by atoms with van der Waals surface area (Å²) in [7, 11) is 0. The van der Waals surface area contributed by atoms with E-state index in [1.807, 2.05) is 6.07 Å². The van der Waals surface area contributed by atoms with Crippen LogP contribution in [0.3, 0.4) is 0 Å². The molecule has 0 bridgehead atoms. The third kappa shape index (κ3) is 3.61. The van der Waals surface area contributed by atoms with Gasteiger partial charge in [0.25, 0.3) is 5.56 Å². The van der Waals surface area contributed by atoms with Gasteiger partial charge in [-0.05, 0) is 30.7 Å². The van der Waals surface area contributed by atoms with E-state index in [1.165, 1.54) is 11.1 Å². The van der Waals surface area contributed by atoms with Gasteiger partial charge in [0.1, 0.15) is 17.4 Å². The summed E-state index contributed by atoms with van der Waals surface area (Å²) in [6.07, 6.45) is 0.196. The third-order valence-electron chi connectivity index (χ3n) is 4.80. The molecule has 3 heterocycles. The SMILES string of the molecule is O=C(Oc1ccccc1)N1CCCN1c1nc2c(=O)[nH]c(-c3ccccc3F)nc2s1. The number of H-pyrrole nitrogens is 1. The minimum atomic E-state index is -0.531. The van der Waals surface area contributed by atoms with Crippen LogP contribution in [0.4, 0.5) is 14.3 Å². The first kappa shape index (κ1) is 19.2. The van der Waals surface area contributed by atoms with Crippen molar-refractivity contribution < 1.29 is 13.9 Å². The highest BCUT2D eigenvalue weighted by Gasteiger charge is 2.31. The van der Waals surface area contributed by atoms with Crippen molar-refractivity contribution in [1.29, 1.82) is 0 Å². The predicted octanol–water partition coefficient (Wildman–Crippen LogP) is 3.81. The minimum absolute atomic E-state index is 0.132. The Hall–Kier alpha value is -3.79. The summed E-state index contributed by atoms with van der Waals surface area (Å²) in [6.45, 7) is 1.01. The summed E-state index contributed by atoms with van der Waals surface area (Å²) < 4.78 is 19.6. The normalized spacial score (nSPS) is 13.7. The first-order valence-electron chi connectivity index (χ1n) is 9.58. The number of nitrogens with zero attached hydrogens (tertiary/aromatic N) is 4. The first-order valence-corrected chi connectivity index (χ1v) is 10.4. The molecule has 0 unspecified atom stereocenters. The Bertz CT molecular complexity index is 1320. The summed E-state index contributed by atoms with van der Waals surface area (Å²) in [5.74, 6) is 0.0907. The van der Waals surface area contributed by atoms with Gasteiger partial charge in [-0.15, -0.1) is 0 Å². The number of thiazole rings is 1. The van der Waals surface area contributed by atoms with Gasteiger partial charge in [-0.25, -0.2) is 24.2 Å². The zero-order valence-electron chi connectivity index (χ0n) is 16.1. The van der Waals surface area contributed by atoms with Crippen LogP contribution in [0.2, 0.25) is 0 Å². The van der Waals surface area contributed by atoms with Gasteiger partial charge in [0.15, 0.2) is 10.3 Å². The Labute approximate surface area is 179 Å². The number of nitrogens with one attached hydrogen (secondary N) is 1. The van der Waals surface area contributed by atoms with E-state index in [-0.39, 0.29) is 16.9 Å². The highest BCUT2D eigenvalue weighted by molar-refractivity contribution is 7.21. The zero-order chi connectivity index (χ0) is 21.4. The Kier molecular flexibility index (Phi) is 4.83. The van der Waals surface area contributed by atoms with E-state index in [9.17, 15) is 14.0 Å². The van der Waals surface area contributed by atoms with Crippen molar-refractivity contribution in [3.8, 4) is 17.1 Å². The molecule has 0 atom stereocenters. The number of hydrogen-bond donors (Lipinski definition) is 1. The lowest BCUT2D eigenvalue weighted by Crippen LogP contribution is -2.43. The standard InChI is InChI=1S/C21H16FN5O3S/c22-15-10-5-4-9-14(15)17-24-18(28)16-19(25-17)31-20(23-16)26-11-6-12-27(26)21(29)30-13-7-2-1-3-8-13/h1-5,7-10H,6,11-12H2,(H,24,25,28). The average molecular weight is 437 g/mol. The van der Waals surface area contributed by atoms with Crippen LogP contribution >= 0.6 is 11.3 Å². The zero-order valence-corrected chi connectivity index (χ0v) is 16.9. The number of hydrazine groups is 1. The number of ether oxygens (including phenoxy) is 1. The van der Waals surface area contributed by atoms with Crippen LogP contribution in [0, 0.1) is 5.82 Å². The molecule has 1 fully saturated rings. The van der Waals surface area contributed by atoms with Crippen LogP contribution in [0.15, 0.2) is 59.4 Å². The van der Waals surface area contributed by atoms with Crippen molar-refractivity contribution in [1.82, 2.24) is 20.0 Å². The molecule has 2 aromatic carbocycles. The van der Waals surface area contributed by atoms with E-state index in [2.05, 4.69) is 15.0 Å². The molecule has 2 aromatic heterocycles. The van der Waals surface area contributed by atoms with E-state index >= 15 is 0 Å². The lowest BCUT2D eigenvalue weighted by atomic mass is 10.2. The molecule has 156 valence electrons. The molecule has 0 radical (unpaired) electrons. The summed E-state index contributed by atoms with van der Waals surface area (Å²) in [5, 5.41) is 3.58. The third-order valence-corrected chi connectivity index (χ3v) is 5.76. The number of hydrogen-bond acceptors (Lipinski definition) is 7. The van der Waals surface area contributed by atoms with Crippen LogP contribution in [-0.4, -0.2) is 39.1 Å². The van der Waals surface area contributed by atoms with Crippen LogP contribution in [-0.2, 0) is 0 Å². The molecule has 1 amide bonds. The van der Waals surface area contributed by atoms with E-state index < -0.39 is 17.5 Å². The Morgan fingerprint density at radius 3 is 2.65 bits per heavy atom. The van der Waals surface area contributed by atoms with Crippen molar-refractivity contribution >= 4 is 32.9 Å². The Balaban J connectivity index is 1.47. The minimum Gasteiger partial charge on any atom is -0.409 e. The second kappa shape index (κ2) is 7.80. The van der Waals surface area contributed by atoms with Crippen LogP contribution in [0.25, 0.3) is 21.7 Å². The van der Waals surface area contributed by atoms with Gasteiger partial charge < -0.3 is 9.72 Å². The molecular formula is C21H16FN5O3S. The first-order chi connectivity index (χ1) is 15.1. The second-order valence-corrected chi connectivity index (χ2v) is 7.78. The molecule has 1 aliphatic heterocycles. The fraction of sp³-hybridized carbons (Fsp3) is 0.143. The molecule has 5 rings (SSSR count). The number of rotatable bonds is 3. The van der Waals surface area contributed by atoms with Crippen molar-refractivity contribution in [3.63, 3.8) is 0 Å². The molecule has 31 heavy (non-hydrogen) atoms. The maximum Gasteiger partial charge on any atom is 0.434 e. The van der Waals surface area contributed by atoms with E-state index in [0.29, 0.717) is 28.8 Å². The summed E-state index contributed by atoms with van der Waals surface area (Å²) in [6, 6.07) is 14.9.